The van der Waals surface area contributed by atoms with Crippen LogP contribution in [0.5, 0.6) is 11.5 Å². The summed E-state index contributed by atoms with van der Waals surface area (Å²) in [7, 11) is 0. The van der Waals surface area contributed by atoms with Gasteiger partial charge >= 0.3 is 5.97 Å². The molecule has 0 aliphatic carbocycles. The molecule has 0 aliphatic rings. The first-order valence-electron chi connectivity index (χ1n) is 5.90. The van der Waals surface area contributed by atoms with Gasteiger partial charge in [-0.25, -0.2) is 9.18 Å². The molecule has 5 heteroatoms. The summed E-state index contributed by atoms with van der Waals surface area (Å²) in [5.41, 5.74) is -0.218. The minimum atomic E-state index is -0.750. The molecule has 0 unspecified atom stereocenters. The molecule has 1 rings (SSSR count). The lowest BCUT2D eigenvalue weighted by atomic mass is 10.1. The molecular formula is C13H17FO4. The summed E-state index contributed by atoms with van der Waals surface area (Å²) in [6.07, 6.45) is 0. The van der Waals surface area contributed by atoms with E-state index < -0.39 is 11.8 Å². The molecule has 1 aromatic rings. The lowest BCUT2D eigenvalue weighted by Crippen LogP contribution is -2.11. The molecule has 0 saturated heterocycles. The van der Waals surface area contributed by atoms with Crippen molar-refractivity contribution in [3.8, 4) is 11.5 Å². The highest BCUT2D eigenvalue weighted by molar-refractivity contribution is 5.93. The first kappa shape index (κ1) is 14.3. The molecule has 0 aliphatic heterocycles. The van der Waals surface area contributed by atoms with E-state index >= 15 is 0 Å². The average molecular weight is 256 g/mol. The molecule has 4 nitrogen and oxygen atoms in total. The fourth-order valence-electron chi connectivity index (χ4n) is 1.48. The van der Waals surface area contributed by atoms with Gasteiger partial charge in [0, 0.05) is 0 Å². The number of benzene rings is 1. The lowest BCUT2D eigenvalue weighted by molar-refractivity contribution is 0.0515. The van der Waals surface area contributed by atoms with Crippen molar-refractivity contribution in [3.05, 3.63) is 23.5 Å². The number of rotatable bonds is 6. The second-order valence-corrected chi connectivity index (χ2v) is 3.34. The van der Waals surface area contributed by atoms with Gasteiger partial charge in [-0.15, -0.1) is 0 Å². The van der Waals surface area contributed by atoms with E-state index in [1.54, 1.807) is 20.8 Å². The van der Waals surface area contributed by atoms with Crippen molar-refractivity contribution in [2.45, 2.75) is 20.8 Å². The fraction of sp³-hybridized carbons (Fsp3) is 0.462. The zero-order valence-electron chi connectivity index (χ0n) is 10.8. The van der Waals surface area contributed by atoms with E-state index in [9.17, 15) is 9.18 Å². The lowest BCUT2D eigenvalue weighted by Gasteiger charge is -2.13. The number of esters is 1. The van der Waals surface area contributed by atoms with Crippen molar-refractivity contribution in [1.29, 1.82) is 0 Å². The van der Waals surface area contributed by atoms with Gasteiger partial charge in [0.15, 0.2) is 11.6 Å². The van der Waals surface area contributed by atoms with Gasteiger partial charge in [0.25, 0.3) is 0 Å². The van der Waals surface area contributed by atoms with E-state index in [2.05, 4.69) is 0 Å². The molecule has 18 heavy (non-hydrogen) atoms. The highest BCUT2D eigenvalue weighted by Gasteiger charge is 2.23. The third-order valence-electron chi connectivity index (χ3n) is 2.15. The molecule has 100 valence electrons. The van der Waals surface area contributed by atoms with Crippen molar-refractivity contribution < 1.29 is 23.4 Å². The van der Waals surface area contributed by atoms with Crippen LogP contribution in [0, 0.1) is 5.82 Å². The molecule has 0 spiro atoms. The summed E-state index contributed by atoms with van der Waals surface area (Å²) < 4.78 is 29.2. The summed E-state index contributed by atoms with van der Waals surface area (Å²) in [4.78, 5) is 11.7. The number of ether oxygens (including phenoxy) is 3. The molecule has 0 saturated carbocycles. The molecular weight excluding hydrogens is 239 g/mol. The maximum Gasteiger partial charge on any atom is 0.345 e. The largest absolute Gasteiger partial charge is 0.493 e. The van der Waals surface area contributed by atoms with Crippen molar-refractivity contribution in [1.82, 2.24) is 0 Å². The predicted molar refractivity (Wildman–Crippen MR) is 64.7 cm³/mol. The van der Waals surface area contributed by atoms with Crippen LogP contribution in [0.15, 0.2) is 12.1 Å². The standard InChI is InChI=1S/C13H17FO4/c1-4-16-9-7-8-10(17-5-2)12(14)11(9)13(15)18-6-3/h7-8H,4-6H2,1-3H3. The maximum atomic E-state index is 14.1. The molecule has 1 aromatic carbocycles. The van der Waals surface area contributed by atoms with Crippen LogP contribution in [0.3, 0.4) is 0 Å². The molecule has 0 N–H and O–H groups in total. The van der Waals surface area contributed by atoms with Crippen LogP contribution in [0.1, 0.15) is 31.1 Å². The van der Waals surface area contributed by atoms with E-state index in [4.69, 9.17) is 14.2 Å². The maximum absolute atomic E-state index is 14.1. The van der Waals surface area contributed by atoms with E-state index in [1.807, 2.05) is 0 Å². The Balaban J connectivity index is 3.21. The topological polar surface area (TPSA) is 44.8 Å². The van der Waals surface area contributed by atoms with Crippen LogP contribution >= 0.6 is 0 Å². The van der Waals surface area contributed by atoms with Crippen molar-refractivity contribution >= 4 is 5.97 Å². The fourth-order valence-corrected chi connectivity index (χ4v) is 1.48. The van der Waals surface area contributed by atoms with E-state index in [-0.39, 0.29) is 23.7 Å². The van der Waals surface area contributed by atoms with Gasteiger partial charge < -0.3 is 14.2 Å². The molecule has 0 bridgehead atoms. The predicted octanol–water partition coefficient (Wildman–Crippen LogP) is 2.80. The monoisotopic (exact) mass is 256 g/mol. The summed E-state index contributed by atoms with van der Waals surface area (Å²) >= 11 is 0. The van der Waals surface area contributed by atoms with E-state index in [0.29, 0.717) is 13.2 Å². The zero-order chi connectivity index (χ0) is 13.5. The summed E-state index contributed by atoms with van der Waals surface area (Å²) in [6.45, 7) is 5.96. The minimum Gasteiger partial charge on any atom is -0.493 e. The van der Waals surface area contributed by atoms with Crippen LogP contribution in [-0.2, 0) is 4.74 Å². The Bertz CT molecular complexity index is 418. The number of carbonyl (C=O) groups excluding carboxylic acids is 1. The Morgan fingerprint density at radius 3 is 2.17 bits per heavy atom. The normalized spacial score (nSPS) is 10.0. The number of hydrogen-bond acceptors (Lipinski definition) is 4. The molecule has 0 atom stereocenters. The summed E-state index contributed by atoms with van der Waals surface area (Å²) in [6, 6.07) is 2.94. The molecule has 0 aromatic heterocycles. The Hall–Kier alpha value is -1.78. The van der Waals surface area contributed by atoms with E-state index in [1.165, 1.54) is 12.1 Å². The second kappa shape index (κ2) is 6.83. The minimum absolute atomic E-state index is 0.0176. The van der Waals surface area contributed by atoms with Gasteiger partial charge in [-0.1, -0.05) is 0 Å². The Kier molecular flexibility index (Phi) is 5.42. The van der Waals surface area contributed by atoms with Crippen molar-refractivity contribution in [3.63, 3.8) is 0 Å². The summed E-state index contributed by atoms with van der Waals surface area (Å²) in [5, 5.41) is 0. The SMILES string of the molecule is CCOC(=O)c1c(OCC)ccc(OCC)c1F. The first-order valence-corrected chi connectivity index (χ1v) is 5.90. The van der Waals surface area contributed by atoms with E-state index in [0.717, 1.165) is 0 Å². The van der Waals surface area contributed by atoms with Crippen LogP contribution < -0.4 is 9.47 Å². The Morgan fingerprint density at radius 1 is 1.06 bits per heavy atom. The molecule has 0 fully saturated rings. The highest BCUT2D eigenvalue weighted by Crippen LogP contribution is 2.30. The smallest absolute Gasteiger partial charge is 0.345 e. The highest BCUT2D eigenvalue weighted by atomic mass is 19.1. The van der Waals surface area contributed by atoms with Crippen LogP contribution in [0.4, 0.5) is 4.39 Å². The first-order chi connectivity index (χ1) is 8.65. The number of halogens is 1. The number of hydrogen-bond donors (Lipinski definition) is 0. The van der Waals surface area contributed by atoms with Gasteiger partial charge in [-0.05, 0) is 32.9 Å². The van der Waals surface area contributed by atoms with Gasteiger partial charge in [-0.2, -0.15) is 0 Å². The van der Waals surface area contributed by atoms with Gasteiger partial charge in [0.1, 0.15) is 11.3 Å². The Labute approximate surface area is 106 Å². The Morgan fingerprint density at radius 2 is 1.61 bits per heavy atom. The van der Waals surface area contributed by atoms with Crippen LogP contribution in [0.2, 0.25) is 0 Å². The third kappa shape index (κ3) is 3.12. The summed E-state index contributed by atoms with van der Waals surface area (Å²) in [5.74, 6) is -1.32. The zero-order valence-corrected chi connectivity index (χ0v) is 10.8. The number of carbonyl (C=O) groups is 1. The average Bonchev–Trinajstić information content (AvgIpc) is 2.33. The quantitative estimate of drug-likeness (QED) is 0.734. The molecule has 0 amide bonds. The van der Waals surface area contributed by atoms with Gasteiger partial charge in [-0.3, -0.25) is 0 Å². The van der Waals surface area contributed by atoms with Crippen LogP contribution in [0.25, 0.3) is 0 Å². The van der Waals surface area contributed by atoms with Crippen LogP contribution in [-0.4, -0.2) is 25.8 Å². The second-order valence-electron chi connectivity index (χ2n) is 3.34. The molecule has 0 radical (unpaired) electrons. The van der Waals surface area contributed by atoms with Gasteiger partial charge in [0.05, 0.1) is 19.8 Å². The van der Waals surface area contributed by atoms with Crippen molar-refractivity contribution in [2.24, 2.45) is 0 Å². The third-order valence-corrected chi connectivity index (χ3v) is 2.15. The van der Waals surface area contributed by atoms with Crippen molar-refractivity contribution in [2.75, 3.05) is 19.8 Å². The van der Waals surface area contributed by atoms with Gasteiger partial charge in [0.2, 0.25) is 0 Å². The molecule has 0 heterocycles.